The van der Waals surface area contributed by atoms with Crippen molar-refractivity contribution >= 4 is 38.4 Å². The van der Waals surface area contributed by atoms with Crippen molar-refractivity contribution in [3.63, 3.8) is 0 Å². The summed E-state index contributed by atoms with van der Waals surface area (Å²) in [5.41, 5.74) is 1.00. The number of hydrogen-bond acceptors (Lipinski definition) is 4. The smallest absolute Gasteiger partial charge is 0.199 e. The van der Waals surface area contributed by atoms with Crippen molar-refractivity contribution in [1.82, 2.24) is 4.98 Å². The van der Waals surface area contributed by atoms with Crippen molar-refractivity contribution in [3.05, 3.63) is 24.3 Å². The Morgan fingerprint density at radius 2 is 2.00 bits per heavy atom. The minimum atomic E-state index is 0.260. The molecule has 0 spiro atoms. The van der Waals surface area contributed by atoms with Gasteiger partial charge in [-0.2, -0.15) is 0 Å². The highest BCUT2D eigenvalue weighted by atomic mass is 32.2. The Balaban J connectivity index is 1.73. The fourth-order valence-corrected chi connectivity index (χ4v) is 4.50. The molecule has 1 aliphatic carbocycles. The van der Waals surface area contributed by atoms with Crippen molar-refractivity contribution in [3.8, 4) is 0 Å². The van der Waals surface area contributed by atoms with Crippen LogP contribution in [0.25, 0.3) is 10.2 Å². The van der Waals surface area contributed by atoms with Gasteiger partial charge in [-0.3, -0.25) is 4.79 Å². The van der Waals surface area contributed by atoms with Crippen LogP contribution in [0.2, 0.25) is 0 Å². The molecule has 4 heteroatoms. The van der Waals surface area contributed by atoms with Gasteiger partial charge in [0.15, 0.2) is 9.45 Å². The van der Waals surface area contributed by atoms with Crippen LogP contribution in [-0.4, -0.2) is 10.1 Å². The molecule has 1 saturated carbocycles. The highest BCUT2D eigenvalue weighted by molar-refractivity contribution is 8.15. The summed E-state index contributed by atoms with van der Waals surface area (Å²) in [6.07, 6.45) is 5.83. The number of benzene rings is 1. The number of thiazole rings is 1. The van der Waals surface area contributed by atoms with Crippen LogP contribution in [0.4, 0.5) is 0 Å². The predicted molar refractivity (Wildman–Crippen MR) is 77.1 cm³/mol. The Hall–Kier alpha value is -0.870. The van der Waals surface area contributed by atoms with Gasteiger partial charge in [0, 0.05) is 5.92 Å². The number of aromatic nitrogens is 1. The summed E-state index contributed by atoms with van der Waals surface area (Å²) < 4.78 is 2.06. The number of nitrogens with zero attached hydrogens (tertiary/aromatic N) is 1. The second kappa shape index (κ2) is 5.41. The summed E-state index contributed by atoms with van der Waals surface area (Å²) in [4.78, 5) is 16.7. The van der Waals surface area contributed by atoms with E-state index in [0.29, 0.717) is 5.12 Å². The number of carbonyl (C=O) groups is 1. The van der Waals surface area contributed by atoms with E-state index in [-0.39, 0.29) is 5.92 Å². The van der Waals surface area contributed by atoms with Crippen molar-refractivity contribution < 1.29 is 4.79 Å². The lowest BCUT2D eigenvalue weighted by atomic mass is 9.90. The Morgan fingerprint density at radius 3 is 2.78 bits per heavy atom. The second-order valence-electron chi connectivity index (χ2n) is 4.70. The molecule has 1 heterocycles. The zero-order chi connectivity index (χ0) is 12.4. The van der Waals surface area contributed by atoms with Gasteiger partial charge >= 0.3 is 0 Å². The number of fused-ring (bicyclic) bond motifs is 1. The fraction of sp³-hybridized carbons (Fsp3) is 0.429. The van der Waals surface area contributed by atoms with E-state index in [9.17, 15) is 4.79 Å². The van der Waals surface area contributed by atoms with E-state index in [0.717, 1.165) is 27.4 Å². The Morgan fingerprint density at radius 1 is 1.22 bits per heavy atom. The predicted octanol–water partition coefficient (Wildman–Crippen LogP) is 4.50. The summed E-state index contributed by atoms with van der Waals surface area (Å²) in [6, 6.07) is 8.06. The standard InChI is InChI=1S/C14H15NOS2/c16-13(10-6-2-1-3-7-10)18-14-15-11-8-4-5-9-12(11)17-14/h4-5,8-10H,1-3,6-7H2. The number of thioether (sulfide) groups is 1. The number of para-hydroxylation sites is 1. The van der Waals surface area contributed by atoms with Gasteiger partial charge in [0.05, 0.1) is 10.2 Å². The Labute approximate surface area is 115 Å². The van der Waals surface area contributed by atoms with Gasteiger partial charge in [-0.1, -0.05) is 31.4 Å². The van der Waals surface area contributed by atoms with Gasteiger partial charge in [0.2, 0.25) is 0 Å². The lowest BCUT2D eigenvalue weighted by molar-refractivity contribution is -0.115. The maximum absolute atomic E-state index is 12.2. The first-order valence-electron chi connectivity index (χ1n) is 6.40. The molecule has 1 fully saturated rings. The molecule has 1 aliphatic rings. The molecule has 0 atom stereocenters. The quantitative estimate of drug-likeness (QED) is 0.757. The number of rotatable bonds is 2. The molecule has 0 saturated heterocycles. The van der Waals surface area contributed by atoms with Crippen LogP contribution in [0.1, 0.15) is 32.1 Å². The summed E-state index contributed by atoms with van der Waals surface area (Å²) in [5.74, 6) is 0.260. The summed E-state index contributed by atoms with van der Waals surface area (Å²) in [5, 5.41) is 0.314. The van der Waals surface area contributed by atoms with Crippen LogP contribution in [0.15, 0.2) is 28.6 Å². The zero-order valence-corrected chi connectivity index (χ0v) is 11.7. The summed E-state index contributed by atoms with van der Waals surface area (Å²) in [7, 11) is 0. The topological polar surface area (TPSA) is 30.0 Å². The highest BCUT2D eigenvalue weighted by Crippen LogP contribution is 2.34. The lowest BCUT2D eigenvalue weighted by Gasteiger charge is -2.18. The van der Waals surface area contributed by atoms with E-state index in [1.54, 1.807) is 11.3 Å². The first-order chi connectivity index (χ1) is 8.83. The number of carbonyl (C=O) groups excluding carboxylic acids is 1. The van der Waals surface area contributed by atoms with Gasteiger partial charge in [-0.15, -0.1) is 11.3 Å². The molecule has 1 aromatic heterocycles. The van der Waals surface area contributed by atoms with Gasteiger partial charge in [0.1, 0.15) is 0 Å². The third-order valence-corrected chi connectivity index (χ3v) is 5.53. The van der Waals surface area contributed by atoms with Gasteiger partial charge < -0.3 is 0 Å². The van der Waals surface area contributed by atoms with Crippen molar-refractivity contribution in [2.24, 2.45) is 5.92 Å². The van der Waals surface area contributed by atoms with Crippen LogP contribution in [0, 0.1) is 5.92 Å². The maximum Gasteiger partial charge on any atom is 0.199 e. The van der Waals surface area contributed by atoms with E-state index in [4.69, 9.17) is 0 Å². The molecular weight excluding hydrogens is 262 g/mol. The third-order valence-electron chi connectivity index (χ3n) is 3.40. The minimum absolute atomic E-state index is 0.260. The molecule has 3 rings (SSSR count). The largest absolute Gasteiger partial charge is 0.286 e. The van der Waals surface area contributed by atoms with Crippen LogP contribution >= 0.6 is 23.1 Å². The molecule has 0 radical (unpaired) electrons. The first-order valence-corrected chi connectivity index (χ1v) is 8.03. The van der Waals surface area contributed by atoms with Crippen LogP contribution in [0.3, 0.4) is 0 Å². The molecule has 1 aromatic carbocycles. The molecule has 0 amide bonds. The van der Waals surface area contributed by atoms with Gasteiger partial charge in [-0.05, 0) is 36.7 Å². The lowest BCUT2D eigenvalue weighted by Crippen LogP contribution is -2.14. The van der Waals surface area contributed by atoms with Crippen molar-refractivity contribution in [2.75, 3.05) is 0 Å². The molecule has 2 nitrogen and oxygen atoms in total. The fourth-order valence-electron chi connectivity index (χ4n) is 2.40. The Bertz CT molecular complexity index is 525. The molecule has 0 bridgehead atoms. The SMILES string of the molecule is O=C(Sc1nc2ccccc2s1)C1CCCCC1. The van der Waals surface area contributed by atoms with E-state index >= 15 is 0 Å². The number of hydrogen-bond donors (Lipinski definition) is 0. The average molecular weight is 277 g/mol. The zero-order valence-electron chi connectivity index (χ0n) is 10.1. The monoisotopic (exact) mass is 277 g/mol. The minimum Gasteiger partial charge on any atom is -0.286 e. The molecule has 18 heavy (non-hydrogen) atoms. The third kappa shape index (κ3) is 2.59. The van der Waals surface area contributed by atoms with Crippen molar-refractivity contribution in [1.29, 1.82) is 0 Å². The Kier molecular flexibility index (Phi) is 3.66. The van der Waals surface area contributed by atoms with Crippen LogP contribution in [-0.2, 0) is 4.79 Å². The van der Waals surface area contributed by atoms with Gasteiger partial charge in [0.25, 0.3) is 0 Å². The van der Waals surface area contributed by atoms with E-state index in [1.165, 1.54) is 31.0 Å². The molecule has 94 valence electrons. The molecular formula is C14H15NOS2. The van der Waals surface area contributed by atoms with E-state index in [1.807, 2.05) is 18.2 Å². The first kappa shape index (κ1) is 12.2. The summed E-state index contributed by atoms with van der Waals surface area (Å²) in [6.45, 7) is 0. The van der Waals surface area contributed by atoms with E-state index in [2.05, 4.69) is 11.1 Å². The second-order valence-corrected chi connectivity index (χ2v) is 6.99. The molecule has 0 N–H and O–H groups in total. The molecule has 2 aromatic rings. The van der Waals surface area contributed by atoms with E-state index < -0.39 is 0 Å². The molecule has 0 unspecified atom stereocenters. The maximum atomic E-state index is 12.2. The summed E-state index contributed by atoms with van der Waals surface area (Å²) >= 11 is 2.96. The van der Waals surface area contributed by atoms with Crippen LogP contribution in [0.5, 0.6) is 0 Å². The highest BCUT2D eigenvalue weighted by Gasteiger charge is 2.23. The van der Waals surface area contributed by atoms with Gasteiger partial charge in [-0.25, -0.2) is 4.98 Å². The van der Waals surface area contributed by atoms with Crippen molar-refractivity contribution in [2.45, 2.75) is 36.4 Å². The van der Waals surface area contributed by atoms with Crippen LogP contribution < -0.4 is 0 Å². The normalized spacial score (nSPS) is 17.1. The average Bonchev–Trinajstić information content (AvgIpc) is 2.82. The molecule has 0 aliphatic heterocycles.